The Balaban J connectivity index is 0.00000225. The van der Waals surface area contributed by atoms with E-state index in [9.17, 15) is 0 Å². The molecule has 0 saturated heterocycles. The minimum atomic E-state index is 0. The van der Waals surface area contributed by atoms with Gasteiger partial charge in [-0.25, -0.2) is 0 Å². The van der Waals surface area contributed by atoms with Gasteiger partial charge in [0.25, 0.3) is 0 Å². The number of aryl methyl sites for hydroxylation is 3. The van der Waals surface area contributed by atoms with E-state index in [1.54, 1.807) is 28.4 Å². The van der Waals surface area contributed by atoms with Crippen molar-refractivity contribution < 1.29 is 29.0 Å². The molecule has 148 valence electrons. The molecule has 1 N–H and O–H groups in total. The van der Waals surface area contributed by atoms with E-state index in [1.807, 2.05) is 6.07 Å². The van der Waals surface area contributed by atoms with Crippen molar-refractivity contribution in [3.63, 3.8) is 0 Å². The molecule has 0 fully saturated rings. The van der Waals surface area contributed by atoms with Gasteiger partial charge in [-0.15, -0.1) is 0 Å². The fourth-order valence-electron chi connectivity index (χ4n) is 4.09. The molecule has 1 aromatic heterocycles. The van der Waals surface area contributed by atoms with E-state index in [1.165, 1.54) is 22.4 Å². The molecule has 3 aromatic rings. The topological polar surface area (TPSA) is 70.8 Å². The van der Waals surface area contributed by atoms with E-state index in [-0.39, 0.29) is 5.48 Å². The van der Waals surface area contributed by atoms with Crippen molar-refractivity contribution in [1.29, 1.82) is 0 Å². The molecule has 0 amide bonds. The van der Waals surface area contributed by atoms with Crippen LogP contribution in [0.1, 0.15) is 11.1 Å². The third kappa shape index (κ3) is 2.81. The number of ether oxygens (including phenoxy) is 4. The van der Waals surface area contributed by atoms with Crippen molar-refractivity contribution >= 4 is 10.8 Å². The van der Waals surface area contributed by atoms with Gasteiger partial charge in [0, 0.05) is 17.4 Å². The summed E-state index contributed by atoms with van der Waals surface area (Å²) in [5.41, 5.74) is 4.88. The number of hydrogen-bond acceptors (Lipinski definition) is 5. The predicted octanol–water partition coefficient (Wildman–Crippen LogP) is 3.52. The van der Waals surface area contributed by atoms with Gasteiger partial charge < -0.3 is 24.4 Å². The Kier molecular flexibility index (Phi) is 5.34. The second-order valence-corrected chi connectivity index (χ2v) is 6.67. The summed E-state index contributed by atoms with van der Waals surface area (Å²) >= 11 is 0. The van der Waals surface area contributed by atoms with Gasteiger partial charge in [0.2, 0.25) is 5.69 Å². The molecule has 0 bridgehead atoms. The summed E-state index contributed by atoms with van der Waals surface area (Å²) in [5, 5.41) is 2.21. The molecular formula is C22H25NO5. The third-order valence-electron chi connectivity index (χ3n) is 5.40. The zero-order valence-electron chi connectivity index (χ0n) is 16.8. The van der Waals surface area contributed by atoms with Crippen LogP contribution in [0.15, 0.2) is 30.5 Å². The highest BCUT2D eigenvalue weighted by atomic mass is 16.5. The molecule has 0 saturated carbocycles. The van der Waals surface area contributed by atoms with Crippen LogP contribution < -0.4 is 23.5 Å². The maximum Gasteiger partial charge on any atom is 0.216 e. The summed E-state index contributed by atoms with van der Waals surface area (Å²) in [4.78, 5) is 0. The van der Waals surface area contributed by atoms with Crippen LogP contribution in [0.25, 0.3) is 22.0 Å². The van der Waals surface area contributed by atoms with Crippen LogP contribution in [-0.4, -0.2) is 33.9 Å². The number of fused-ring (bicyclic) bond motifs is 4. The van der Waals surface area contributed by atoms with E-state index in [0.29, 0.717) is 0 Å². The van der Waals surface area contributed by atoms with Crippen LogP contribution in [0, 0.1) is 6.92 Å². The van der Waals surface area contributed by atoms with Crippen LogP contribution in [0.5, 0.6) is 23.0 Å². The number of methoxy groups -OCH3 is 4. The number of aromatic nitrogens is 1. The van der Waals surface area contributed by atoms with Gasteiger partial charge in [0.15, 0.2) is 35.7 Å². The summed E-state index contributed by atoms with van der Waals surface area (Å²) in [5.74, 6) is 3.03. The summed E-state index contributed by atoms with van der Waals surface area (Å²) < 4.78 is 24.5. The second-order valence-electron chi connectivity index (χ2n) is 6.67. The Morgan fingerprint density at radius 3 is 2.14 bits per heavy atom. The van der Waals surface area contributed by atoms with Crippen molar-refractivity contribution in [3.8, 4) is 34.3 Å². The maximum absolute atomic E-state index is 5.66. The Morgan fingerprint density at radius 1 is 0.821 bits per heavy atom. The smallest absolute Gasteiger partial charge is 0.216 e. The van der Waals surface area contributed by atoms with Gasteiger partial charge >= 0.3 is 0 Å². The molecule has 4 rings (SSSR count). The average Bonchev–Trinajstić information content (AvgIpc) is 2.71. The van der Waals surface area contributed by atoms with E-state index >= 15 is 0 Å². The lowest BCUT2D eigenvalue weighted by molar-refractivity contribution is -0.686. The van der Waals surface area contributed by atoms with Crippen molar-refractivity contribution in [2.24, 2.45) is 0 Å². The molecular weight excluding hydrogens is 358 g/mol. The minimum Gasteiger partial charge on any atom is -0.870 e. The summed E-state index contributed by atoms with van der Waals surface area (Å²) in [6.07, 6.45) is 3.10. The molecule has 0 spiro atoms. The molecule has 0 atom stereocenters. The van der Waals surface area contributed by atoms with E-state index in [2.05, 4.69) is 35.9 Å². The molecule has 28 heavy (non-hydrogen) atoms. The van der Waals surface area contributed by atoms with Gasteiger partial charge in [-0.05, 0) is 36.8 Å². The van der Waals surface area contributed by atoms with E-state index in [4.69, 9.17) is 18.9 Å². The first-order valence-electron chi connectivity index (χ1n) is 8.96. The van der Waals surface area contributed by atoms with Crippen LogP contribution in [0.3, 0.4) is 0 Å². The van der Waals surface area contributed by atoms with Gasteiger partial charge in [0.1, 0.15) is 0 Å². The highest BCUT2D eigenvalue weighted by Crippen LogP contribution is 2.41. The van der Waals surface area contributed by atoms with Crippen molar-refractivity contribution in [1.82, 2.24) is 0 Å². The Morgan fingerprint density at radius 2 is 1.50 bits per heavy atom. The van der Waals surface area contributed by atoms with Crippen LogP contribution in [0.2, 0.25) is 0 Å². The number of nitrogens with zero attached hydrogens (tertiary/aromatic N) is 1. The normalized spacial score (nSPS) is 11.9. The molecule has 2 heterocycles. The van der Waals surface area contributed by atoms with Crippen molar-refractivity contribution in [3.05, 3.63) is 41.6 Å². The lowest BCUT2D eigenvalue weighted by Crippen LogP contribution is -2.41. The number of benzene rings is 2. The van der Waals surface area contributed by atoms with Gasteiger partial charge in [-0.3, -0.25) is 0 Å². The predicted molar refractivity (Wildman–Crippen MR) is 106 cm³/mol. The molecule has 2 aromatic carbocycles. The molecule has 1 aliphatic heterocycles. The first-order valence-corrected chi connectivity index (χ1v) is 8.96. The highest BCUT2D eigenvalue weighted by molar-refractivity contribution is 5.94. The molecule has 6 heteroatoms. The lowest BCUT2D eigenvalue weighted by Gasteiger charge is -2.20. The number of pyridine rings is 1. The van der Waals surface area contributed by atoms with Crippen molar-refractivity contribution in [2.75, 3.05) is 28.4 Å². The van der Waals surface area contributed by atoms with Crippen LogP contribution in [-0.2, 0) is 13.0 Å². The zero-order valence-corrected chi connectivity index (χ0v) is 16.8. The van der Waals surface area contributed by atoms with Crippen LogP contribution >= 0.6 is 0 Å². The SMILES string of the molecule is COc1cc2c(cc1OC)-c1c(C)c3ccc(OC)c(OC)c3c[n+]1CC2.[OH-]. The Labute approximate surface area is 164 Å². The number of rotatable bonds is 4. The first-order chi connectivity index (χ1) is 13.1. The summed E-state index contributed by atoms with van der Waals surface area (Å²) in [7, 11) is 6.70. The van der Waals surface area contributed by atoms with Crippen LogP contribution in [0.4, 0.5) is 0 Å². The molecule has 6 nitrogen and oxygen atoms in total. The third-order valence-corrected chi connectivity index (χ3v) is 5.40. The molecule has 1 aliphatic rings. The number of hydrogen-bond donors (Lipinski definition) is 0. The Hall–Kier alpha value is -2.99. The van der Waals surface area contributed by atoms with E-state index in [0.717, 1.165) is 46.7 Å². The Bertz CT molecular complexity index is 1050. The van der Waals surface area contributed by atoms with Gasteiger partial charge in [-0.2, -0.15) is 4.57 Å². The fourth-order valence-corrected chi connectivity index (χ4v) is 4.09. The lowest BCUT2D eigenvalue weighted by atomic mass is 9.91. The first kappa shape index (κ1) is 19.8. The average molecular weight is 383 g/mol. The molecule has 0 aliphatic carbocycles. The van der Waals surface area contributed by atoms with E-state index < -0.39 is 0 Å². The quantitative estimate of drug-likeness (QED) is 0.645. The minimum absolute atomic E-state index is 0. The summed E-state index contributed by atoms with van der Waals surface area (Å²) in [6, 6.07) is 8.24. The van der Waals surface area contributed by atoms with Gasteiger partial charge in [0.05, 0.1) is 39.4 Å². The zero-order chi connectivity index (χ0) is 19.1. The second kappa shape index (κ2) is 7.56. The largest absolute Gasteiger partial charge is 0.870 e. The maximum atomic E-state index is 5.66. The molecule has 0 unspecified atom stereocenters. The van der Waals surface area contributed by atoms with Crippen molar-refractivity contribution in [2.45, 2.75) is 19.9 Å². The highest BCUT2D eigenvalue weighted by Gasteiger charge is 2.29. The standard InChI is InChI=1S/C22H24NO4.H2O/c1-13-15-6-7-18(24-2)22(27-5)17(15)12-23-9-8-14-10-19(25-3)20(26-4)11-16(14)21(13)23;/h6-7,10-12H,8-9H2,1-5H3;1H2/q+1;/p-1. The monoisotopic (exact) mass is 383 g/mol. The fraction of sp³-hybridized carbons (Fsp3) is 0.318. The summed E-state index contributed by atoms with van der Waals surface area (Å²) in [6.45, 7) is 3.06. The van der Waals surface area contributed by atoms with Gasteiger partial charge in [-0.1, -0.05) is 0 Å². The molecule has 0 radical (unpaired) electrons.